The van der Waals surface area contributed by atoms with Gasteiger partial charge >= 0.3 is 0 Å². The molecule has 0 aliphatic carbocycles. The molecule has 2 N–H and O–H groups in total. The van der Waals surface area contributed by atoms with Crippen molar-refractivity contribution in [2.75, 3.05) is 27.1 Å². The number of ether oxygens (including phenoxy) is 3. The highest BCUT2D eigenvalue weighted by molar-refractivity contribution is 6.16. The van der Waals surface area contributed by atoms with Crippen LogP contribution in [0.4, 0.5) is 5.69 Å². The van der Waals surface area contributed by atoms with Crippen LogP contribution < -0.4 is 19.9 Å². The van der Waals surface area contributed by atoms with Crippen LogP contribution in [-0.2, 0) is 7.05 Å². The Hall–Kier alpha value is -3.15. The van der Waals surface area contributed by atoms with E-state index < -0.39 is 0 Å². The zero-order chi connectivity index (χ0) is 19.0. The minimum absolute atomic E-state index is 0.208. The Labute approximate surface area is 152 Å². The van der Waals surface area contributed by atoms with Crippen LogP contribution >= 0.6 is 0 Å². The van der Waals surface area contributed by atoms with Gasteiger partial charge in [-0.1, -0.05) is 18.2 Å². The third-order valence-corrected chi connectivity index (χ3v) is 4.60. The van der Waals surface area contributed by atoms with Gasteiger partial charge in [-0.2, -0.15) is 0 Å². The second-order valence-corrected chi connectivity index (χ2v) is 6.04. The molecule has 0 saturated heterocycles. The summed E-state index contributed by atoms with van der Waals surface area (Å²) in [6.45, 7) is 2.00. The third-order valence-electron chi connectivity index (χ3n) is 4.60. The number of nitrogens with two attached hydrogens (primary N) is 1. The smallest absolute Gasteiger partial charge is 0.211 e. The Kier molecular flexibility index (Phi) is 4.50. The van der Waals surface area contributed by atoms with E-state index in [-0.39, 0.29) is 5.78 Å². The van der Waals surface area contributed by atoms with Gasteiger partial charge in [-0.25, -0.2) is 0 Å². The van der Waals surface area contributed by atoms with E-state index in [9.17, 15) is 4.79 Å². The van der Waals surface area contributed by atoms with Crippen molar-refractivity contribution in [1.29, 1.82) is 0 Å². The first kappa shape index (κ1) is 17.7. The maximum absolute atomic E-state index is 13.3. The number of hydrogen-bond acceptors (Lipinski definition) is 5. The van der Waals surface area contributed by atoms with E-state index in [0.29, 0.717) is 34.2 Å². The predicted octanol–water partition coefficient (Wildman–Crippen LogP) is 3.33. The van der Waals surface area contributed by atoms with Gasteiger partial charge in [-0.05, 0) is 24.6 Å². The van der Waals surface area contributed by atoms with Crippen LogP contribution in [0.15, 0.2) is 30.3 Å². The van der Waals surface area contributed by atoms with Crippen molar-refractivity contribution in [3.05, 3.63) is 47.2 Å². The molecule has 0 aliphatic rings. The lowest BCUT2D eigenvalue weighted by atomic mass is 10.1. The molecule has 6 heteroatoms. The van der Waals surface area contributed by atoms with Gasteiger partial charge in [0.1, 0.15) is 5.69 Å². The molecular weight excluding hydrogens is 332 g/mol. The van der Waals surface area contributed by atoms with Gasteiger partial charge in [0.25, 0.3) is 0 Å². The summed E-state index contributed by atoms with van der Waals surface area (Å²) in [6.07, 6.45) is 0. The fourth-order valence-corrected chi connectivity index (χ4v) is 3.37. The molecule has 0 bridgehead atoms. The summed E-state index contributed by atoms with van der Waals surface area (Å²) >= 11 is 0. The van der Waals surface area contributed by atoms with Gasteiger partial charge < -0.3 is 24.5 Å². The minimum Gasteiger partial charge on any atom is -0.493 e. The Morgan fingerprint density at radius 2 is 1.65 bits per heavy atom. The van der Waals surface area contributed by atoms with E-state index >= 15 is 0 Å². The third kappa shape index (κ3) is 2.54. The van der Waals surface area contributed by atoms with Gasteiger partial charge in [0, 0.05) is 18.0 Å². The number of nitrogens with zero attached hydrogens (tertiary/aromatic N) is 1. The molecule has 26 heavy (non-hydrogen) atoms. The van der Waals surface area contributed by atoms with Gasteiger partial charge in [0.15, 0.2) is 11.5 Å². The molecule has 0 atom stereocenters. The Bertz CT molecular complexity index is 980. The summed E-state index contributed by atoms with van der Waals surface area (Å²) in [5.74, 6) is 1.07. The normalized spacial score (nSPS) is 10.8. The molecule has 136 valence electrons. The molecule has 0 fully saturated rings. The highest BCUT2D eigenvalue weighted by atomic mass is 16.5. The number of nitrogen functional groups attached to an aromatic ring is 1. The topological polar surface area (TPSA) is 75.7 Å². The molecule has 0 amide bonds. The van der Waals surface area contributed by atoms with Crippen molar-refractivity contribution >= 4 is 22.4 Å². The van der Waals surface area contributed by atoms with Crippen LogP contribution in [0.5, 0.6) is 17.2 Å². The SMILES string of the molecule is COc1cc(C(=O)c2c(N)c3cccc(C)c3n2C)cc(OC)c1OC. The molecule has 2 aromatic carbocycles. The number of hydrogen-bond donors (Lipinski definition) is 1. The van der Waals surface area contributed by atoms with Gasteiger partial charge in [-0.3, -0.25) is 4.79 Å². The van der Waals surface area contributed by atoms with E-state index in [4.69, 9.17) is 19.9 Å². The summed E-state index contributed by atoms with van der Waals surface area (Å²) in [5.41, 5.74) is 9.63. The number of aryl methyl sites for hydroxylation is 2. The Balaban J connectivity index is 2.23. The van der Waals surface area contributed by atoms with Crippen molar-refractivity contribution < 1.29 is 19.0 Å². The fourth-order valence-electron chi connectivity index (χ4n) is 3.37. The maximum atomic E-state index is 13.3. The van der Waals surface area contributed by atoms with E-state index in [2.05, 4.69) is 0 Å². The van der Waals surface area contributed by atoms with Crippen LogP contribution in [0.1, 0.15) is 21.6 Å². The van der Waals surface area contributed by atoms with Crippen LogP contribution in [0.3, 0.4) is 0 Å². The number of ketones is 1. The number of methoxy groups -OCH3 is 3. The second kappa shape index (κ2) is 6.63. The second-order valence-electron chi connectivity index (χ2n) is 6.04. The molecule has 6 nitrogen and oxygen atoms in total. The highest BCUT2D eigenvalue weighted by Gasteiger charge is 2.24. The number of benzene rings is 2. The fraction of sp³-hybridized carbons (Fsp3) is 0.250. The zero-order valence-electron chi connectivity index (χ0n) is 15.5. The number of aromatic nitrogens is 1. The van der Waals surface area contributed by atoms with Crippen molar-refractivity contribution in [1.82, 2.24) is 4.57 Å². The van der Waals surface area contributed by atoms with Crippen LogP contribution in [-0.4, -0.2) is 31.7 Å². The largest absolute Gasteiger partial charge is 0.493 e. The highest BCUT2D eigenvalue weighted by Crippen LogP contribution is 2.39. The lowest BCUT2D eigenvalue weighted by Gasteiger charge is -2.14. The number of rotatable bonds is 5. The maximum Gasteiger partial charge on any atom is 0.211 e. The Morgan fingerprint density at radius 1 is 1.04 bits per heavy atom. The van der Waals surface area contributed by atoms with Gasteiger partial charge in [-0.15, -0.1) is 0 Å². The molecule has 0 spiro atoms. The minimum atomic E-state index is -0.208. The van der Waals surface area contributed by atoms with Gasteiger partial charge in [0.05, 0.1) is 32.5 Å². The summed E-state index contributed by atoms with van der Waals surface area (Å²) in [6, 6.07) is 9.11. The number of carbonyl (C=O) groups is 1. The first-order valence-electron chi connectivity index (χ1n) is 8.12. The predicted molar refractivity (Wildman–Crippen MR) is 102 cm³/mol. The molecule has 0 unspecified atom stereocenters. The molecule has 3 rings (SSSR count). The summed E-state index contributed by atoms with van der Waals surface area (Å²) in [4.78, 5) is 13.3. The molecule has 0 saturated carbocycles. The van der Waals surface area contributed by atoms with Crippen molar-refractivity contribution in [2.24, 2.45) is 7.05 Å². The number of anilines is 1. The average Bonchev–Trinajstić information content (AvgIpc) is 2.91. The zero-order valence-corrected chi connectivity index (χ0v) is 15.5. The van der Waals surface area contributed by atoms with E-state index in [1.165, 1.54) is 21.3 Å². The quantitative estimate of drug-likeness (QED) is 0.711. The lowest BCUT2D eigenvalue weighted by Crippen LogP contribution is -2.11. The van der Waals surface area contributed by atoms with E-state index in [1.807, 2.05) is 36.7 Å². The lowest BCUT2D eigenvalue weighted by molar-refractivity contribution is 0.103. The molecule has 1 aromatic heterocycles. The molecule has 3 aromatic rings. The van der Waals surface area contributed by atoms with E-state index in [1.54, 1.807) is 12.1 Å². The summed E-state index contributed by atoms with van der Waals surface area (Å²) in [5, 5.41) is 0.864. The van der Waals surface area contributed by atoms with Crippen molar-refractivity contribution in [2.45, 2.75) is 6.92 Å². The van der Waals surface area contributed by atoms with Crippen LogP contribution in [0.2, 0.25) is 0 Å². The van der Waals surface area contributed by atoms with Crippen LogP contribution in [0, 0.1) is 6.92 Å². The molecule has 0 radical (unpaired) electrons. The number of para-hydroxylation sites is 1. The summed E-state index contributed by atoms with van der Waals surface area (Å²) in [7, 11) is 6.39. The van der Waals surface area contributed by atoms with Crippen molar-refractivity contribution in [3.8, 4) is 17.2 Å². The number of carbonyl (C=O) groups excluding carboxylic acids is 1. The van der Waals surface area contributed by atoms with Gasteiger partial charge in [0.2, 0.25) is 11.5 Å². The van der Waals surface area contributed by atoms with E-state index in [0.717, 1.165) is 16.5 Å². The molecule has 0 aliphatic heterocycles. The Morgan fingerprint density at radius 3 is 2.15 bits per heavy atom. The van der Waals surface area contributed by atoms with Crippen molar-refractivity contribution in [3.63, 3.8) is 0 Å². The average molecular weight is 354 g/mol. The first-order chi connectivity index (χ1) is 12.4. The molecule has 1 heterocycles. The molecular formula is C20H22N2O4. The number of fused-ring (bicyclic) bond motifs is 1. The monoisotopic (exact) mass is 354 g/mol. The standard InChI is InChI=1S/C20H22N2O4/c1-11-7-6-8-13-16(21)18(22(2)17(11)13)19(23)12-9-14(24-3)20(26-5)15(10-12)25-4/h6-10H,21H2,1-5H3. The van der Waals surface area contributed by atoms with Crippen LogP contribution in [0.25, 0.3) is 10.9 Å². The first-order valence-corrected chi connectivity index (χ1v) is 8.12. The summed E-state index contributed by atoms with van der Waals surface area (Å²) < 4.78 is 17.9.